The van der Waals surface area contributed by atoms with Crippen molar-refractivity contribution in [1.29, 1.82) is 0 Å². The molecule has 2 atom stereocenters. The molecule has 5 nitrogen and oxygen atoms in total. The van der Waals surface area contributed by atoms with Crippen molar-refractivity contribution in [2.24, 2.45) is 11.7 Å². The number of likely N-dealkylation sites (tertiary alicyclic amines) is 1. The molecule has 0 aliphatic carbocycles. The van der Waals surface area contributed by atoms with Crippen molar-refractivity contribution in [2.45, 2.75) is 36.5 Å². The second kappa shape index (κ2) is 8.37. The number of fused-ring (bicyclic) bond motifs is 1. The minimum atomic E-state index is 0.0965. The molecule has 0 saturated carbocycles. The number of rotatable bonds is 5. The van der Waals surface area contributed by atoms with Crippen molar-refractivity contribution in [3.63, 3.8) is 0 Å². The largest absolute Gasteiger partial charge is 0.334 e. The summed E-state index contributed by atoms with van der Waals surface area (Å²) >= 11 is 1.73. The molecule has 28 heavy (non-hydrogen) atoms. The van der Waals surface area contributed by atoms with Crippen LogP contribution in [0.3, 0.4) is 0 Å². The maximum absolute atomic E-state index is 12.9. The fraction of sp³-hybridized carbons (Fsp3) is 0.364. The Morgan fingerprint density at radius 1 is 1.25 bits per heavy atom. The minimum absolute atomic E-state index is 0.0965. The zero-order valence-corrected chi connectivity index (χ0v) is 16.9. The molecule has 2 aromatic heterocycles. The molecule has 1 aromatic carbocycles. The van der Waals surface area contributed by atoms with Crippen molar-refractivity contribution < 1.29 is 4.79 Å². The Balaban J connectivity index is 1.39. The lowest BCUT2D eigenvalue weighted by atomic mass is 9.92. The van der Waals surface area contributed by atoms with Crippen LogP contribution in [0.4, 0.5) is 0 Å². The highest BCUT2D eigenvalue weighted by Gasteiger charge is 2.29. The number of thioether (sulfide) groups is 1. The van der Waals surface area contributed by atoms with Gasteiger partial charge in [0, 0.05) is 47.7 Å². The number of hydrogen-bond acceptors (Lipinski definition) is 4. The van der Waals surface area contributed by atoms with Crippen molar-refractivity contribution in [2.75, 3.05) is 13.1 Å². The van der Waals surface area contributed by atoms with Crippen LogP contribution in [-0.4, -0.2) is 39.3 Å². The first-order valence-corrected chi connectivity index (χ1v) is 10.8. The van der Waals surface area contributed by atoms with Gasteiger partial charge in [-0.25, -0.2) is 4.98 Å². The van der Waals surface area contributed by atoms with Gasteiger partial charge in [-0.05, 0) is 55.2 Å². The number of nitrogens with zero attached hydrogens (tertiary/aromatic N) is 3. The molecular formula is C22H26N4OS. The smallest absolute Gasteiger partial charge is 0.254 e. The molecule has 146 valence electrons. The van der Waals surface area contributed by atoms with Gasteiger partial charge in [-0.15, -0.1) is 11.8 Å². The van der Waals surface area contributed by atoms with Gasteiger partial charge in [0.05, 0.1) is 5.69 Å². The monoisotopic (exact) mass is 394 g/mol. The lowest BCUT2D eigenvalue weighted by molar-refractivity contribution is 0.0573. The standard InChI is InChI=1S/C22H26N4OS/c1-16-9-11-26(19(12-16)13-23)22(27)17-5-7-20(8-6-17)28-15-18-14-25-10-3-2-4-21(25)24-18/h2-8,10,14,16,19H,9,11-13,15,23H2,1H3. The first-order chi connectivity index (χ1) is 13.6. The molecule has 1 aliphatic heterocycles. The number of carbonyl (C=O) groups excluding carboxylic acids is 1. The van der Waals surface area contributed by atoms with Crippen molar-refractivity contribution in [1.82, 2.24) is 14.3 Å². The number of benzene rings is 1. The predicted molar refractivity (Wildman–Crippen MR) is 113 cm³/mol. The van der Waals surface area contributed by atoms with E-state index < -0.39 is 0 Å². The molecule has 2 unspecified atom stereocenters. The maximum atomic E-state index is 12.9. The fourth-order valence-electron chi connectivity index (χ4n) is 3.82. The Morgan fingerprint density at radius 2 is 2.07 bits per heavy atom. The number of aromatic nitrogens is 2. The van der Waals surface area contributed by atoms with Gasteiger partial charge in [-0.3, -0.25) is 4.79 Å². The Labute approximate surface area is 169 Å². The SMILES string of the molecule is CC1CCN(C(=O)c2ccc(SCc3cn4ccccc4n3)cc2)C(CN)C1. The van der Waals surface area contributed by atoms with E-state index in [2.05, 4.69) is 18.1 Å². The van der Waals surface area contributed by atoms with E-state index in [0.717, 1.165) is 46.9 Å². The quantitative estimate of drug-likeness (QED) is 0.668. The molecule has 4 rings (SSSR count). The average Bonchev–Trinajstić information content (AvgIpc) is 3.15. The molecule has 2 N–H and O–H groups in total. The second-order valence-electron chi connectivity index (χ2n) is 7.53. The van der Waals surface area contributed by atoms with Gasteiger partial charge in [-0.1, -0.05) is 13.0 Å². The third kappa shape index (κ3) is 4.08. The summed E-state index contributed by atoms with van der Waals surface area (Å²) in [6.07, 6.45) is 6.11. The van der Waals surface area contributed by atoms with Gasteiger partial charge in [0.25, 0.3) is 5.91 Å². The number of nitrogens with two attached hydrogens (primary N) is 1. The summed E-state index contributed by atoms with van der Waals surface area (Å²) in [5, 5.41) is 0. The van der Waals surface area contributed by atoms with Crippen LogP contribution in [0.2, 0.25) is 0 Å². The Kier molecular flexibility index (Phi) is 5.69. The maximum Gasteiger partial charge on any atom is 0.254 e. The minimum Gasteiger partial charge on any atom is -0.334 e. The Hall–Kier alpha value is -2.31. The molecule has 0 radical (unpaired) electrons. The number of piperidine rings is 1. The van der Waals surface area contributed by atoms with Gasteiger partial charge >= 0.3 is 0 Å². The summed E-state index contributed by atoms with van der Waals surface area (Å²) in [7, 11) is 0. The number of amides is 1. The number of imidazole rings is 1. The number of carbonyl (C=O) groups is 1. The zero-order chi connectivity index (χ0) is 19.5. The highest BCUT2D eigenvalue weighted by molar-refractivity contribution is 7.98. The lowest BCUT2D eigenvalue weighted by Crippen LogP contribution is -2.49. The topological polar surface area (TPSA) is 63.6 Å². The molecule has 6 heteroatoms. The highest BCUT2D eigenvalue weighted by atomic mass is 32.2. The molecule has 1 fully saturated rings. The van der Waals surface area contributed by atoms with E-state index in [1.54, 1.807) is 11.8 Å². The van der Waals surface area contributed by atoms with E-state index in [0.29, 0.717) is 12.5 Å². The van der Waals surface area contributed by atoms with E-state index in [9.17, 15) is 4.79 Å². The first kappa shape index (κ1) is 19.0. The summed E-state index contributed by atoms with van der Waals surface area (Å²) < 4.78 is 2.03. The van der Waals surface area contributed by atoms with Gasteiger partial charge in [0.15, 0.2) is 0 Å². The van der Waals surface area contributed by atoms with E-state index in [1.807, 2.05) is 58.0 Å². The highest BCUT2D eigenvalue weighted by Crippen LogP contribution is 2.26. The molecule has 1 aliphatic rings. The van der Waals surface area contributed by atoms with E-state index >= 15 is 0 Å². The number of hydrogen-bond donors (Lipinski definition) is 1. The molecular weight excluding hydrogens is 368 g/mol. The lowest BCUT2D eigenvalue weighted by Gasteiger charge is -2.38. The van der Waals surface area contributed by atoms with Gasteiger partial charge < -0.3 is 15.0 Å². The molecule has 3 aromatic rings. The van der Waals surface area contributed by atoms with Crippen LogP contribution >= 0.6 is 11.8 Å². The molecule has 1 amide bonds. The summed E-state index contributed by atoms with van der Waals surface area (Å²) in [5.41, 5.74) is 8.66. The van der Waals surface area contributed by atoms with Crippen LogP contribution in [0.15, 0.2) is 59.8 Å². The van der Waals surface area contributed by atoms with Crippen LogP contribution in [0.25, 0.3) is 5.65 Å². The Morgan fingerprint density at radius 3 is 2.82 bits per heavy atom. The van der Waals surface area contributed by atoms with Crippen molar-refractivity contribution in [3.8, 4) is 0 Å². The molecule has 0 spiro atoms. The third-order valence-electron chi connectivity index (χ3n) is 5.41. The molecule has 3 heterocycles. The summed E-state index contributed by atoms with van der Waals surface area (Å²) in [5.74, 6) is 1.53. The number of pyridine rings is 1. The van der Waals surface area contributed by atoms with Gasteiger partial charge in [-0.2, -0.15) is 0 Å². The van der Waals surface area contributed by atoms with Crippen LogP contribution in [0.1, 0.15) is 35.8 Å². The second-order valence-corrected chi connectivity index (χ2v) is 8.58. The van der Waals surface area contributed by atoms with Crippen LogP contribution < -0.4 is 5.73 Å². The van der Waals surface area contributed by atoms with E-state index in [4.69, 9.17) is 5.73 Å². The summed E-state index contributed by atoms with van der Waals surface area (Å²) in [4.78, 5) is 20.6. The van der Waals surface area contributed by atoms with Crippen LogP contribution in [0, 0.1) is 5.92 Å². The normalized spacial score (nSPS) is 19.9. The van der Waals surface area contributed by atoms with Gasteiger partial charge in [0.1, 0.15) is 5.65 Å². The van der Waals surface area contributed by atoms with Gasteiger partial charge in [0.2, 0.25) is 0 Å². The van der Waals surface area contributed by atoms with Crippen molar-refractivity contribution in [3.05, 3.63) is 66.1 Å². The first-order valence-electron chi connectivity index (χ1n) is 9.80. The summed E-state index contributed by atoms with van der Waals surface area (Å²) in [6, 6.07) is 14.1. The third-order valence-corrected chi connectivity index (χ3v) is 6.46. The molecule has 1 saturated heterocycles. The fourth-order valence-corrected chi connectivity index (χ4v) is 4.60. The summed E-state index contributed by atoms with van der Waals surface area (Å²) in [6.45, 7) is 3.56. The van der Waals surface area contributed by atoms with Crippen LogP contribution in [-0.2, 0) is 5.75 Å². The Bertz CT molecular complexity index is 920. The molecule has 0 bridgehead atoms. The van der Waals surface area contributed by atoms with Crippen molar-refractivity contribution >= 4 is 23.3 Å². The predicted octanol–water partition coefficient (Wildman–Crippen LogP) is 3.83. The van der Waals surface area contributed by atoms with Crippen LogP contribution in [0.5, 0.6) is 0 Å². The van der Waals surface area contributed by atoms with E-state index in [-0.39, 0.29) is 11.9 Å². The average molecular weight is 395 g/mol. The van der Waals surface area contributed by atoms with E-state index in [1.165, 1.54) is 0 Å². The zero-order valence-electron chi connectivity index (χ0n) is 16.1.